The molecule has 1 amide bonds. The minimum absolute atomic E-state index is 0.134. The molecule has 1 saturated carbocycles. The summed E-state index contributed by atoms with van der Waals surface area (Å²) in [6, 6.07) is 3.92. The van der Waals surface area contributed by atoms with Crippen LogP contribution in [0.1, 0.15) is 36.9 Å². The van der Waals surface area contributed by atoms with Gasteiger partial charge in [0.25, 0.3) is 0 Å². The van der Waals surface area contributed by atoms with Gasteiger partial charge in [0.05, 0.1) is 0 Å². The van der Waals surface area contributed by atoms with E-state index < -0.39 is 0 Å². The van der Waals surface area contributed by atoms with Crippen LogP contribution in [0.15, 0.2) is 12.1 Å². The first-order chi connectivity index (χ1) is 7.65. The van der Waals surface area contributed by atoms with Gasteiger partial charge in [-0.05, 0) is 44.4 Å². The molecule has 0 aromatic carbocycles. The van der Waals surface area contributed by atoms with Crippen molar-refractivity contribution in [2.45, 2.75) is 39.5 Å². The van der Waals surface area contributed by atoms with Crippen molar-refractivity contribution in [3.63, 3.8) is 0 Å². The number of rotatable bonds is 2. The minimum Gasteiger partial charge on any atom is -0.310 e. The molecule has 1 heterocycles. The number of amides is 1. The fourth-order valence-electron chi connectivity index (χ4n) is 2.32. The van der Waals surface area contributed by atoms with E-state index in [4.69, 9.17) is 0 Å². The first-order valence-electron chi connectivity index (χ1n) is 5.91. The molecule has 0 bridgehead atoms. The van der Waals surface area contributed by atoms with Crippen LogP contribution in [0.4, 0.5) is 5.82 Å². The van der Waals surface area contributed by atoms with E-state index in [9.17, 15) is 4.79 Å². The van der Waals surface area contributed by atoms with Gasteiger partial charge >= 0.3 is 0 Å². The lowest BCUT2D eigenvalue weighted by atomic mass is 10.1. The van der Waals surface area contributed by atoms with Crippen LogP contribution in [0, 0.1) is 19.8 Å². The maximum absolute atomic E-state index is 11.9. The number of nitrogens with one attached hydrogen (secondary N) is 1. The average molecular weight is 218 g/mol. The topological polar surface area (TPSA) is 42.0 Å². The van der Waals surface area contributed by atoms with Gasteiger partial charge in [-0.2, -0.15) is 0 Å². The molecule has 2 rings (SSSR count). The third kappa shape index (κ3) is 2.60. The molecule has 0 saturated heterocycles. The molecule has 86 valence electrons. The van der Waals surface area contributed by atoms with E-state index in [1.165, 1.54) is 12.8 Å². The maximum atomic E-state index is 11.9. The Morgan fingerprint density at radius 3 is 2.62 bits per heavy atom. The standard InChI is InChI=1S/C13H18N2O/c1-9-7-10(2)14-12(8-9)15-13(16)11-5-3-4-6-11/h7-8,11H,3-6H2,1-2H3,(H,14,15,16). The molecule has 1 N–H and O–H groups in total. The number of pyridine rings is 1. The Labute approximate surface area is 96.3 Å². The number of carbonyl (C=O) groups excluding carboxylic acids is 1. The van der Waals surface area contributed by atoms with Gasteiger partial charge in [0, 0.05) is 11.6 Å². The number of nitrogens with zero attached hydrogens (tertiary/aromatic N) is 1. The van der Waals surface area contributed by atoms with E-state index in [2.05, 4.69) is 10.3 Å². The molecule has 3 nitrogen and oxygen atoms in total. The Morgan fingerprint density at radius 1 is 1.31 bits per heavy atom. The Hall–Kier alpha value is -1.38. The number of aryl methyl sites for hydroxylation is 2. The highest BCUT2D eigenvalue weighted by Crippen LogP contribution is 2.25. The van der Waals surface area contributed by atoms with Gasteiger partial charge in [-0.15, -0.1) is 0 Å². The smallest absolute Gasteiger partial charge is 0.228 e. The molecule has 1 aliphatic rings. The molecule has 0 unspecified atom stereocenters. The molecule has 0 spiro atoms. The van der Waals surface area contributed by atoms with Gasteiger partial charge in [-0.25, -0.2) is 4.98 Å². The normalized spacial score (nSPS) is 16.4. The third-order valence-corrected chi connectivity index (χ3v) is 3.07. The van der Waals surface area contributed by atoms with E-state index in [0.717, 1.165) is 24.1 Å². The SMILES string of the molecule is Cc1cc(C)nc(NC(=O)C2CCCC2)c1. The van der Waals surface area contributed by atoms with Crippen LogP contribution in [0.2, 0.25) is 0 Å². The predicted octanol–water partition coefficient (Wildman–Crippen LogP) is 2.83. The molecule has 1 aromatic heterocycles. The molecule has 1 fully saturated rings. The zero-order valence-corrected chi connectivity index (χ0v) is 9.92. The Balaban J connectivity index is 2.05. The van der Waals surface area contributed by atoms with Crippen LogP contribution in [-0.4, -0.2) is 10.9 Å². The number of hydrogen-bond donors (Lipinski definition) is 1. The molecule has 1 aromatic rings. The molecular formula is C13H18N2O. The summed E-state index contributed by atoms with van der Waals surface area (Å²) < 4.78 is 0. The molecule has 16 heavy (non-hydrogen) atoms. The van der Waals surface area contributed by atoms with Crippen molar-refractivity contribution in [1.82, 2.24) is 4.98 Å². The second-order valence-electron chi connectivity index (χ2n) is 4.64. The largest absolute Gasteiger partial charge is 0.310 e. The quantitative estimate of drug-likeness (QED) is 0.829. The van der Waals surface area contributed by atoms with Gasteiger partial charge in [0.1, 0.15) is 5.82 Å². The van der Waals surface area contributed by atoms with Crippen LogP contribution in [0.3, 0.4) is 0 Å². The fraction of sp³-hybridized carbons (Fsp3) is 0.538. The van der Waals surface area contributed by atoms with Crippen LogP contribution in [0.25, 0.3) is 0 Å². The first-order valence-corrected chi connectivity index (χ1v) is 5.91. The van der Waals surface area contributed by atoms with Crippen molar-refractivity contribution in [3.8, 4) is 0 Å². The monoisotopic (exact) mass is 218 g/mol. The van der Waals surface area contributed by atoms with Crippen LogP contribution in [0.5, 0.6) is 0 Å². The van der Waals surface area contributed by atoms with Gasteiger partial charge in [-0.1, -0.05) is 12.8 Å². The predicted molar refractivity (Wildman–Crippen MR) is 64.3 cm³/mol. The summed E-state index contributed by atoms with van der Waals surface area (Å²) >= 11 is 0. The highest BCUT2D eigenvalue weighted by atomic mass is 16.1. The lowest BCUT2D eigenvalue weighted by molar-refractivity contribution is -0.119. The maximum Gasteiger partial charge on any atom is 0.228 e. The van der Waals surface area contributed by atoms with E-state index >= 15 is 0 Å². The molecule has 0 radical (unpaired) electrons. The van der Waals surface area contributed by atoms with E-state index in [1.54, 1.807) is 0 Å². The summed E-state index contributed by atoms with van der Waals surface area (Å²) in [4.78, 5) is 16.2. The zero-order valence-electron chi connectivity index (χ0n) is 9.92. The first kappa shape index (κ1) is 11.1. The minimum atomic E-state index is 0.134. The van der Waals surface area contributed by atoms with E-state index in [0.29, 0.717) is 5.82 Å². The average Bonchev–Trinajstić information content (AvgIpc) is 2.68. The number of aromatic nitrogens is 1. The van der Waals surface area contributed by atoms with Crippen LogP contribution >= 0.6 is 0 Å². The summed E-state index contributed by atoms with van der Waals surface area (Å²) in [5, 5.41) is 2.92. The zero-order chi connectivity index (χ0) is 11.5. The van der Waals surface area contributed by atoms with Crippen molar-refractivity contribution in [1.29, 1.82) is 0 Å². The Kier molecular flexibility index (Phi) is 3.22. The summed E-state index contributed by atoms with van der Waals surface area (Å²) in [6.45, 7) is 3.96. The molecule has 3 heteroatoms. The summed E-state index contributed by atoms with van der Waals surface area (Å²) in [5.41, 5.74) is 2.08. The van der Waals surface area contributed by atoms with E-state index in [-0.39, 0.29) is 11.8 Å². The fourth-order valence-corrected chi connectivity index (χ4v) is 2.32. The van der Waals surface area contributed by atoms with Gasteiger partial charge in [0.2, 0.25) is 5.91 Å². The summed E-state index contributed by atoms with van der Waals surface area (Å²) in [5.74, 6) is 1.02. The van der Waals surface area contributed by atoms with Crippen LogP contribution < -0.4 is 5.32 Å². The highest BCUT2D eigenvalue weighted by molar-refractivity contribution is 5.91. The third-order valence-electron chi connectivity index (χ3n) is 3.07. The highest BCUT2D eigenvalue weighted by Gasteiger charge is 2.22. The number of carbonyl (C=O) groups is 1. The number of hydrogen-bond acceptors (Lipinski definition) is 2. The number of anilines is 1. The van der Waals surface area contributed by atoms with Gasteiger partial charge < -0.3 is 5.32 Å². The van der Waals surface area contributed by atoms with E-state index in [1.807, 2.05) is 26.0 Å². The second kappa shape index (κ2) is 4.64. The van der Waals surface area contributed by atoms with Crippen molar-refractivity contribution < 1.29 is 4.79 Å². The summed E-state index contributed by atoms with van der Waals surface area (Å²) in [6.07, 6.45) is 4.41. The van der Waals surface area contributed by atoms with Gasteiger partial charge in [0.15, 0.2) is 0 Å². The second-order valence-corrected chi connectivity index (χ2v) is 4.64. The molecule has 0 aliphatic heterocycles. The van der Waals surface area contributed by atoms with Crippen molar-refractivity contribution in [3.05, 3.63) is 23.4 Å². The lowest BCUT2D eigenvalue weighted by Gasteiger charge is -2.10. The molecule has 0 atom stereocenters. The van der Waals surface area contributed by atoms with Crippen molar-refractivity contribution in [2.75, 3.05) is 5.32 Å². The Morgan fingerprint density at radius 2 is 2.00 bits per heavy atom. The van der Waals surface area contributed by atoms with Gasteiger partial charge in [-0.3, -0.25) is 4.79 Å². The van der Waals surface area contributed by atoms with Crippen molar-refractivity contribution >= 4 is 11.7 Å². The molecular weight excluding hydrogens is 200 g/mol. The summed E-state index contributed by atoms with van der Waals surface area (Å²) in [7, 11) is 0. The molecule has 1 aliphatic carbocycles. The van der Waals surface area contributed by atoms with Crippen molar-refractivity contribution in [2.24, 2.45) is 5.92 Å². The van der Waals surface area contributed by atoms with Crippen LogP contribution in [-0.2, 0) is 4.79 Å². The lowest BCUT2D eigenvalue weighted by Crippen LogP contribution is -2.21. The Bertz CT molecular complexity index is 375.